The van der Waals surface area contributed by atoms with Gasteiger partial charge in [-0.25, -0.2) is 9.97 Å². The Kier molecular flexibility index (Phi) is 3.28. The monoisotopic (exact) mass is 268 g/mol. The number of hydrogen-bond acceptors (Lipinski definition) is 5. The lowest BCUT2D eigenvalue weighted by atomic mass is 10.2. The molecular weight excluding hydrogens is 252 g/mol. The second-order valence-corrected chi connectivity index (χ2v) is 4.40. The molecule has 1 N–H and O–H groups in total. The van der Waals surface area contributed by atoms with Gasteiger partial charge in [0.25, 0.3) is 0 Å². The first-order valence-electron chi connectivity index (χ1n) is 6.73. The van der Waals surface area contributed by atoms with Crippen LogP contribution in [0.15, 0.2) is 30.6 Å². The quantitative estimate of drug-likeness (QED) is 0.785. The van der Waals surface area contributed by atoms with Gasteiger partial charge in [0.1, 0.15) is 17.7 Å². The van der Waals surface area contributed by atoms with Gasteiger partial charge >= 0.3 is 0 Å². The van der Waals surface area contributed by atoms with E-state index in [4.69, 9.17) is 0 Å². The topological polar surface area (TPSA) is 68.5 Å². The number of aromatic nitrogens is 5. The Bertz CT molecular complexity index is 733. The first-order chi connectivity index (χ1) is 9.85. The lowest BCUT2D eigenvalue weighted by Gasteiger charge is -2.12. The smallest absolute Gasteiger partial charge is 0.164 e. The molecule has 0 aliphatic carbocycles. The van der Waals surface area contributed by atoms with E-state index in [1.807, 2.05) is 31.2 Å². The van der Waals surface area contributed by atoms with Gasteiger partial charge in [0.05, 0.1) is 5.52 Å². The molecule has 2 heterocycles. The van der Waals surface area contributed by atoms with E-state index in [0.717, 1.165) is 41.2 Å². The van der Waals surface area contributed by atoms with Gasteiger partial charge in [-0.05, 0) is 25.5 Å². The van der Waals surface area contributed by atoms with Crippen molar-refractivity contribution in [3.05, 3.63) is 36.2 Å². The molecule has 20 heavy (non-hydrogen) atoms. The summed E-state index contributed by atoms with van der Waals surface area (Å²) in [6, 6.07) is 7.85. The maximum absolute atomic E-state index is 4.39. The minimum absolute atomic E-state index is 0.784. The third kappa shape index (κ3) is 1.99. The number of anilines is 1. The number of para-hydroxylation sites is 1. The van der Waals surface area contributed by atoms with E-state index in [-0.39, 0.29) is 0 Å². The van der Waals surface area contributed by atoms with E-state index < -0.39 is 0 Å². The SMILES string of the molecule is CCNc1ncnc(-n2nnc3ccccc32)c1CC. The van der Waals surface area contributed by atoms with Gasteiger partial charge in [-0.15, -0.1) is 5.10 Å². The Morgan fingerprint density at radius 2 is 2.00 bits per heavy atom. The number of hydrogen-bond donors (Lipinski definition) is 1. The molecule has 3 rings (SSSR count). The van der Waals surface area contributed by atoms with Crippen molar-refractivity contribution in [3.8, 4) is 5.82 Å². The van der Waals surface area contributed by atoms with Gasteiger partial charge < -0.3 is 5.32 Å². The van der Waals surface area contributed by atoms with Crippen LogP contribution in [0.1, 0.15) is 19.4 Å². The molecule has 0 unspecified atom stereocenters. The highest BCUT2D eigenvalue weighted by Gasteiger charge is 2.14. The summed E-state index contributed by atoms with van der Waals surface area (Å²) in [6.07, 6.45) is 2.38. The molecule has 0 aliphatic rings. The minimum atomic E-state index is 0.784. The molecule has 0 saturated heterocycles. The minimum Gasteiger partial charge on any atom is -0.370 e. The van der Waals surface area contributed by atoms with Crippen molar-refractivity contribution in [1.82, 2.24) is 25.0 Å². The lowest BCUT2D eigenvalue weighted by Crippen LogP contribution is -2.10. The first-order valence-corrected chi connectivity index (χ1v) is 6.73. The van der Waals surface area contributed by atoms with Gasteiger partial charge in [-0.3, -0.25) is 0 Å². The Hall–Kier alpha value is -2.50. The van der Waals surface area contributed by atoms with Crippen molar-refractivity contribution >= 4 is 16.9 Å². The average molecular weight is 268 g/mol. The van der Waals surface area contributed by atoms with Crippen LogP contribution < -0.4 is 5.32 Å². The fraction of sp³-hybridized carbons (Fsp3) is 0.286. The predicted octanol–water partition coefficient (Wildman–Crippen LogP) is 2.20. The second-order valence-electron chi connectivity index (χ2n) is 4.40. The highest BCUT2D eigenvalue weighted by molar-refractivity contribution is 5.76. The molecule has 0 atom stereocenters. The zero-order valence-electron chi connectivity index (χ0n) is 11.5. The Morgan fingerprint density at radius 3 is 2.80 bits per heavy atom. The third-order valence-electron chi connectivity index (χ3n) is 3.17. The second kappa shape index (κ2) is 5.24. The van der Waals surface area contributed by atoms with E-state index in [9.17, 15) is 0 Å². The molecule has 0 amide bonds. The summed E-state index contributed by atoms with van der Waals surface area (Å²) in [5.74, 6) is 1.65. The van der Waals surface area contributed by atoms with E-state index in [1.54, 1.807) is 11.0 Å². The molecule has 3 aromatic rings. The van der Waals surface area contributed by atoms with Crippen LogP contribution >= 0.6 is 0 Å². The van der Waals surface area contributed by atoms with E-state index in [0.29, 0.717) is 0 Å². The third-order valence-corrected chi connectivity index (χ3v) is 3.17. The summed E-state index contributed by atoms with van der Waals surface area (Å²) in [6.45, 7) is 4.95. The zero-order chi connectivity index (χ0) is 13.9. The molecule has 102 valence electrons. The largest absolute Gasteiger partial charge is 0.370 e. The van der Waals surface area contributed by atoms with Crippen LogP contribution in [0.2, 0.25) is 0 Å². The number of benzene rings is 1. The number of nitrogens with one attached hydrogen (secondary N) is 1. The van der Waals surface area contributed by atoms with Gasteiger partial charge in [0.2, 0.25) is 0 Å². The standard InChI is InChI=1S/C14H16N6/c1-3-10-13(15-4-2)16-9-17-14(10)20-12-8-6-5-7-11(12)18-19-20/h5-9H,3-4H2,1-2H3,(H,15,16,17). The Morgan fingerprint density at radius 1 is 1.15 bits per heavy atom. The molecule has 0 saturated carbocycles. The highest BCUT2D eigenvalue weighted by Crippen LogP contribution is 2.22. The lowest BCUT2D eigenvalue weighted by molar-refractivity contribution is 0.783. The molecule has 0 radical (unpaired) electrons. The van der Waals surface area contributed by atoms with Crippen LogP contribution in [0.25, 0.3) is 16.9 Å². The fourth-order valence-electron chi connectivity index (χ4n) is 2.26. The Labute approximate surface area is 116 Å². The van der Waals surface area contributed by atoms with Crippen LogP contribution in [0, 0.1) is 0 Å². The molecule has 0 fully saturated rings. The highest BCUT2D eigenvalue weighted by atomic mass is 15.4. The summed E-state index contributed by atoms with van der Waals surface area (Å²) in [5, 5.41) is 11.7. The predicted molar refractivity (Wildman–Crippen MR) is 78.0 cm³/mol. The maximum atomic E-state index is 4.39. The van der Waals surface area contributed by atoms with Crippen LogP contribution in [0.3, 0.4) is 0 Å². The number of rotatable bonds is 4. The van der Waals surface area contributed by atoms with Gasteiger partial charge in [0.15, 0.2) is 5.82 Å². The summed E-state index contributed by atoms with van der Waals surface area (Å²) in [7, 11) is 0. The molecule has 0 bridgehead atoms. The summed E-state index contributed by atoms with van der Waals surface area (Å²) >= 11 is 0. The van der Waals surface area contributed by atoms with Crippen LogP contribution in [0.5, 0.6) is 0 Å². The fourth-order valence-corrected chi connectivity index (χ4v) is 2.26. The summed E-state index contributed by atoms with van der Waals surface area (Å²) < 4.78 is 1.77. The zero-order valence-corrected chi connectivity index (χ0v) is 11.5. The average Bonchev–Trinajstić information content (AvgIpc) is 2.91. The maximum Gasteiger partial charge on any atom is 0.164 e. The molecule has 1 aromatic carbocycles. The van der Waals surface area contributed by atoms with Gasteiger partial charge in [-0.2, -0.15) is 4.68 Å². The molecule has 6 nitrogen and oxygen atoms in total. The number of nitrogens with zero attached hydrogens (tertiary/aromatic N) is 5. The Balaban J connectivity index is 2.21. The molecular formula is C14H16N6. The van der Waals surface area contributed by atoms with Crippen molar-refractivity contribution in [2.45, 2.75) is 20.3 Å². The molecule has 0 spiro atoms. The molecule has 2 aromatic heterocycles. The van der Waals surface area contributed by atoms with Crippen molar-refractivity contribution in [2.75, 3.05) is 11.9 Å². The van der Waals surface area contributed by atoms with Crippen molar-refractivity contribution in [3.63, 3.8) is 0 Å². The summed E-state index contributed by atoms with van der Waals surface area (Å²) in [4.78, 5) is 8.70. The van der Waals surface area contributed by atoms with Crippen molar-refractivity contribution < 1.29 is 0 Å². The van der Waals surface area contributed by atoms with Gasteiger partial charge in [-0.1, -0.05) is 24.3 Å². The number of fused-ring (bicyclic) bond motifs is 1. The van der Waals surface area contributed by atoms with Crippen LogP contribution in [0.4, 0.5) is 5.82 Å². The van der Waals surface area contributed by atoms with Crippen LogP contribution in [-0.4, -0.2) is 31.5 Å². The van der Waals surface area contributed by atoms with Gasteiger partial charge in [0, 0.05) is 12.1 Å². The van der Waals surface area contributed by atoms with E-state index >= 15 is 0 Å². The van der Waals surface area contributed by atoms with Crippen molar-refractivity contribution in [1.29, 1.82) is 0 Å². The van der Waals surface area contributed by atoms with E-state index in [2.05, 4.69) is 32.5 Å². The van der Waals surface area contributed by atoms with Crippen molar-refractivity contribution in [2.24, 2.45) is 0 Å². The summed E-state index contributed by atoms with van der Waals surface area (Å²) in [5.41, 5.74) is 2.85. The molecule has 6 heteroatoms. The van der Waals surface area contributed by atoms with E-state index in [1.165, 1.54) is 0 Å². The first kappa shape index (κ1) is 12.5. The molecule has 0 aliphatic heterocycles. The van der Waals surface area contributed by atoms with Crippen LogP contribution in [-0.2, 0) is 6.42 Å². The normalized spacial score (nSPS) is 10.9.